The van der Waals surface area contributed by atoms with Gasteiger partial charge in [0.25, 0.3) is 0 Å². The van der Waals surface area contributed by atoms with E-state index >= 15 is 0 Å². The van der Waals surface area contributed by atoms with Crippen molar-refractivity contribution in [1.82, 2.24) is 24.3 Å². The van der Waals surface area contributed by atoms with Gasteiger partial charge in [-0.1, -0.05) is 23.7 Å². The molecule has 3 aromatic heterocycles. The summed E-state index contributed by atoms with van der Waals surface area (Å²) in [5, 5.41) is 0.593. The third-order valence-electron chi connectivity index (χ3n) is 5.03. The van der Waals surface area contributed by atoms with Crippen molar-refractivity contribution in [3.63, 3.8) is 0 Å². The van der Waals surface area contributed by atoms with Crippen LogP contribution in [0.25, 0.3) is 27.8 Å². The van der Waals surface area contributed by atoms with Crippen molar-refractivity contribution in [1.29, 1.82) is 0 Å². The third-order valence-corrected chi connectivity index (χ3v) is 5.24. The Balaban J connectivity index is 1.83. The average Bonchev–Trinajstić information content (AvgIpc) is 2.90. The van der Waals surface area contributed by atoms with E-state index in [0.717, 1.165) is 66.3 Å². The summed E-state index contributed by atoms with van der Waals surface area (Å²) in [6.45, 7) is 4.02. The first kappa shape index (κ1) is 15.8. The van der Waals surface area contributed by atoms with Gasteiger partial charge in [0.2, 0.25) is 0 Å². The van der Waals surface area contributed by atoms with Gasteiger partial charge in [-0.2, -0.15) is 0 Å². The Hall–Kier alpha value is -2.44. The summed E-state index contributed by atoms with van der Waals surface area (Å²) in [6.07, 6.45) is 2.77. The Kier molecular flexibility index (Phi) is 3.69. The molecular formula is C19H19ClN6. The van der Waals surface area contributed by atoms with Crippen molar-refractivity contribution in [2.75, 3.05) is 38.1 Å². The number of fused-ring (bicyclic) bond motifs is 5. The summed E-state index contributed by atoms with van der Waals surface area (Å²) < 4.78 is 2.11. The van der Waals surface area contributed by atoms with Crippen LogP contribution in [0.4, 0.5) is 5.82 Å². The van der Waals surface area contributed by atoms with E-state index in [4.69, 9.17) is 21.6 Å². The number of para-hydroxylation sites is 2. The Morgan fingerprint density at radius 1 is 0.962 bits per heavy atom. The van der Waals surface area contributed by atoms with Gasteiger partial charge in [-0.3, -0.25) is 4.40 Å². The van der Waals surface area contributed by atoms with Gasteiger partial charge < -0.3 is 9.80 Å². The number of halogens is 1. The molecule has 4 aromatic rings. The lowest BCUT2D eigenvalue weighted by atomic mass is 10.3. The highest BCUT2D eigenvalue weighted by atomic mass is 35.5. The molecule has 7 heteroatoms. The average molecular weight is 367 g/mol. The molecule has 6 nitrogen and oxygen atoms in total. The van der Waals surface area contributed by atoms with E-state index in [2.05, 4.69) is 32.3 Å². The topological polar surface area (TPSA) is 49.6 Å². The molecule has 0 aliphatic carbocycles. The van der Waals surface area contributed by atoms with E-state index in [1.807, 2.05) is 24.3 Å². The monoisotopic (exact) mass is 366 g/mol. The lowest BCUT2D eigenvalue weighted by molar-refractivity contribution is 0.360. The number of hydrogen-bond acceptors (Lipinski definition) is 5. The fourth-order valence-electron chi connectivity index (χ4n) is 3.70. The molecule has 26 heavy (non-hydrogen) atoms. The molecule has 1 fully saturated rings. The minimum absolute atomic E-state index is 0.593. The molecule has 0 atom stereocenters. The van der Waals surface area contributed by atoms with Crippen LogP contribution in [0.3, 0.4) is 0 Å². The maximum absolute atomic E-state index is 6.20. The number of nitrogens with zero attached hydrogens (tertiary/aromatic N) is 6. The van der Waals surface area contributed by atoms with E-state index in [-0.39, 0.29) is 0 Å². The van der Waals surface area contributed by atoms with Crippen molar-refractivity contribution >= 4 is 45.3 Å². The van der Waals surface area contributed by atoms with E-state index in [9.17, 15) is 0 Å². The Morgan fingerprint density at radius 3 is 2.77 bits per heavy atom. The summed E-state index contributed by atoms with van der Waals surface area (Å²) in [6, 6.07) is 10.0. The smallest absolute Gasteiger partial charge is 0.183 e. The number of hydrogen-bond donors (Lipinski definition) is 0. The lowest BCUT2D eigenvalue weighted by Crippen LogP contribution is -2.30. The normalized spacial score (nSPS) is 16.6. The summed E-state index contributed by atoms with van der Waals surface area (Å²) >= 11 is 6.20. The van der Waals surface area contributed by atoms with Gasteiger partial charge in [-0.05, 0) is 38.2 Å². The largest absolute Gasteiger partial charge is 0.352 e. The molecule has 1 aliphatic heterocycles. The Morgan fingerprint density at radius 2 is 1.85 bits per heavy atom. The van der Waals surface area contributed by atoms with Crippen LogP contribution in [-0.4, -0.2) is 57.5 Å². The summed E-state index contributed by atoms with van der Waals surface area (Å²) in [4.78, 5) is 19.1. The van der Waals surface area contributed by atoms with Crippen LogP contribution in [-0.2, 0) is 0 Å². The first-order chi connectivity index (χ1) is 12.7. The van der Waals surface area contributed by atoms with E-state index in [1.165, 1.54) is 0 Å². The molecular weight excluding hydrogens is 348 g/mol. The first-order valence-electron chi connectivity index (χ1n) is 8.87. The zero-order valence-corrected chi connectivity index (χ0v) is 15.3. The van der Waals surface area contributed by atoms with Crippen molar-refractivity contribution in [3.05, 3.63) is 41.6 Å². The number of anilines is 1. The Labute approximate surface area is 156 Å². The number of aromatic nitrogens is 4. The number of likely N-dealkylation sites (N-methyl/N-ethyl adjacent to an activating group) is 1. The molecule has 0 N–H and O–H groups in total. The number of rotatable bonds is 1. The Bertz CT molecular complexity index is 1120. The summed E-state index contributed by atoms with van der Waals surface area (Å²) in [7, 11) is 2.17. The fourth-order valence-corrected chi connectivity index (χ4v) is 3.85. The van der Waals surface area contributed by atoms with Crippen LogP contribution in [0.5, 0.6) is 0 Å². The molecule has 1 aliphatic rings. The zero-order valence-electron chi connectivity index (χ0n) is 14.6. The zero-order chi connectivity index (χ0) is 17.7. The van der Waals surface area contributed by atoms with Crippen molar-refractivity contribution < 1.29 is 0 Å². The van der Waals surface area contributed by atoms with Gasteiger partial charge in [-0.15, -0.1) is 0 Å². The molecule has 0 amide bonds. The summed E-state index contributed by atoms with van der Waals surface area (Å²) in [5.41, 5.74) is 4.43. The van der Waals surface area contributed by atoms with Crippen molar-refractivity contribution in [3.8, 4) is 0 Å². The molecule has 4 heterocycles. The number of benzene rings is 1. The maximum atomic E-state index is 6.20. The number of pyridine rings is 1. The fraction of sp³-hybridized carbons (Fsp3) is 0.316. The second-order valence-corrected chi connectivity index (χ2v) is 7.27. The molecule has 5 rings (SSSR count). The second-order valence-electron chi connectivity index (χ2n) is 6.84. The molecule has 0 spiro atoms. The molecule has 1 aromatic carbocycles. The van der Waals surface area contributed by atoms with Crippen LogP contribution >= 0.6 is 11.6 Å². The SMILES string of the molecule is CN1CCCN(c2nc3cc(Cl)cnc3n3c2nc2ccccc23)CC1. The van der Waals surface area contributed by atoms with Crippen LogP contribution in [0.15, 0.2) is 36.5 Å². The predicted octanol–water partition coefficient (Wildman–Crippen LogP) is 3.23. The quantitative estimate of drug-likeness (QED) is 0.517. The highest BCUT2D eigenvalue weighted by molar-refractivity contribution is 6.31. The summed E-state index contributed by atoms with van der Waals surface area (Å²) in [5.74, 6) is 0.910. The highest BCUT2D eigenvalue weighted by Gasteiger charge is 2.21. The predicted molar refractivity (Wildman–Crippen MR) is 105 cm³/mol. The minimum Gasteiger partial charge on any atom is -0.352 e. The maximum Gasteiger partial charge on any atom is 0.183 e. The van der Waals surface area contributed by atoms with Crippen LogP contribution in [0.2, 0.25) is 5.02 Å². The van der Waals surface area contributed by atoms with Gasteiger partial charge in [0, 0.05) is 25.8 Å². The van der Waals surface area contributed by atoms with E-state index in [1.54, 1.807) is 6.20 Å². The van der Waals surface area contributed by atoms with Crippen LogP contribution < -0.4 is 4.90 Å². The van der Waals surface area contributed by atoms with E-state index in [0.29, 0.717) is 5.02 Å². The molecule has 0 unspecified atom stereocenters. The third kappa shape index (κ3) is 2.48. The minimum atomic E-state index is 0.593. The van der Waals surface area contributed by atoms with Crippen LogP contribution in [0.1, 0.15) is 6.42 Å². The standard InChI is InChI=1S/C19H19ClN6/c1-24-7-4-8-25(10-9-24)18-19-22-14-5-2-3-6-16(14)26(19)17-15(23-18)11-13(20)12-21-17/h2-3,5-6,11-12H,4,7-10H2,1H3. The first-order valence-corrected chi connectivity index (χ1v) is 9.24. The molecule has 0 bridgehead atoms. The van der Waals surface area contributed by atoms with Crippen molar-refractivity contribution in [2.24, 2.45) is 0 Å². The molecule has 0 radical (unpaired) electrons. The molecule has 0 saturated carbocycles. The van der Waals surface area contributed by atoms with Gasteiger partial charge in [0.15, 0.2) is 17.1 Å². The van der Waals surface area contributed by atoms with Gasteiger partial charge in [0.1, 0.15) is 5.52 Å². The number of imidazole rings is 1. The lowest BCUT2D eigenvalue weighted by Gasteiger charge is -2.22. The van der Waals surface area contributed by atoms with Gasteiger partial charge >= 0.3 is 0 Å². The highest BCUT2D eigenvalue weighted by Crippen LogP contribution is 2.29. The second kappa shape index (κ2) is 6.07. The molecule has 1 saturated heterocycles. The van der Waals surface area contributed by atoms with E-state index < -0.39 is 0 Å². The molecule has 132 valence electrons. The van der Waals surface area contributed by atoms with Gasteiger partial charge in [0.05, 0.1) is 16.1 Å². The van der Waals surface area contributed by atoms with Crippen molar-refractivity contribution in [2.45, 2.75) is 6.42 Å². The van der Waals surface area contributed by atoms with Crippen LogP contribution in [0, 0.1) is 0 Å². The van der Waals surface area contributed by atoms with Gasteiger partial charge in [-0.25, -0.2) is 15.0 Å².